The minimum atomic E-state index is -1.02. The molecule has 0 aromatic heterocycles. The summed E-state index contributed by atoms with van der Waals surface area (Å²) in [5.74, 6) is -3.05. The maximum Gasteiger partial charge on any atom is 0.116 e. The molecule has 0 aliphatic rings. The maximum absolute atomic E-state index is 9.46. The molecule has 0 unspecified atom stereocenters. The minimum absolute atomic E-state index is 0.0556. The molecular weight excluding hydrogens is 342 g/mol. The average molecular weight is 369 g/mol. The number of aliphatic carboxylic acids is 3. The molecule has 0 aromatic rings. The van der Waals surface area contributed by atoms with Crippen LogP contribution in [-0.4, -0.2) is 90.2 Å². The molecule has 0 spiro atoms. The number of carboxylic acid groups (broad SMARTS) is 3. The molecule has 0 atom stereocenters. The Balaban J connectivity index is -0.0000000436. The van der Waals surface area contributed by atoms with E-state index in [1.165, 1.54) is 16.0 Å². The Kier molecular flexibility index (Phi) is 78.5. The van der Waals surface area contributed by atoms with Crippen molar-refractivity contribution < 1.29 is 77.2 Å². The lowest BCUT2D eigenvalue weighted by Gasteiger charge is -1.91. The van der Waals surface area contributed by atoms with Gasteiger partial charge in [0, 0.05) is 0 Å². The maximum atomic E-state index is 9.46. The third kappa shape index (κ3) is 146. The van der Waals surface area contributed by atoms with Gasteiger partial charge in [-0.3, -0.25) is 31.5 Å². The Morgan fingerprint density at radius 1 is 0.583 bits per heavy atom. The van der Waals surface area contributed by atoms with Gasteiger partial charge < -0.3 is 45.7 Å². The molecule has 0 amide bonds. The molecule has 0 heterocycles. The lowest BCUT2D eigenvalue weighted by Crippen LogP contribution is -2.82. The zero-order valence-electron chi connectivity index (χ0n) is 13.5. The van der Waals surface area contributed by atoms with E-state index < -0.39 is 17.9 Å². The van der Waals surface area contributed by atoms with Crippen LogP contribution < -0.4 is 31.3 Å². The van der Waals surface area contributed by atoms with Gasteiger partial charge in [-0.25, -0.2) is 0 Å². The fourth-order valence-electron chi connectivity index (χ4n) is 0.500. The Bertz CT molecular complexity index is 204. The number of carbonyl (C=O) groups excluding carboxylic acids is 3. The average Bonchev–Trinajstić information content (AvgIpc) is 2.54. The third-order valence-electron chi connectivity index (χ3n) is 1.11. The quantitative estimate of drug-likeness (QED) is 0.156. The molecule has 24 heavy (non-hydrogen) atoms. The van der Waals surface area contributed by atoms with Crippen molar-refractivity contribution in [1.29, 1.82) is 0 Å². The van der Waals surface area contributed by atoms with Gasteiger partial charge in [-0.05, 0) is 0 Å². The highest BCUT2D eigenvalue weighted by molar-refractivity contribution is 5.65. The second-order valence-corrected chi connectivity index (χ2v) is 2.95. The lowest BCUT2D eigenvalue weighted by molar-refractivity contribution is -0.622. The van der Waals surface area contributed by atoms with Gasteiger partial charge in [-0.2, -0.15) is 0 Å². The van der Waals surface area contributed by atoms with E-state index >= 15 is 0 Å². The second kappa shape index (κ2) is 49.7. The van der Waals surface area contributed by atoms with Crippen LogP contribution in [0.4, 0.5) is 0 Å². The highest BCUT2D eigenvalue weighted by atomic mass is 17.0. The predicted molar refractivity (Wildman–Crippen MR) is 68.9 cm³/mol. The van der Waals surface area contributed by atoms with Gasteiger partial charge in [0.2, 0.25) is 0 Å². The first-order valence-corrected chi connectivity index (χ1v) is 5.84. The fraction of sp³-hybridized carbons (Fsp3) is 0.667. The highest BCUT2D eigenvalue weighted by Crippen LogP contribution is 1.33. The van der Waals surface area contributed by atoms with Crippen LogP contribution in [0, 0.1) is 0 Å². The zero-order valence-corrected chi connectivity index (χ0v) is 13.5. The van der Waals surface area contributed by atoms with E-state index in [4.69, 9.17) is 31.5 Å². The highest BCUT2D eigenvalue weighted by Gasteiger charge is 1.77. The molecule has 0 aromatic carbocycles. The summed E-state index contributed by atoms with van der Waals surface area (Å²) in [6.07, 6.45) is 0. The predicted octanol–water partition coefficient (Wildman–Crippen LogP) is -9.16. The molecule has 0 radical (unpaired) electrons. The van der Waals surface area contributed by atoms with E-state index in [-0.39, 0.29) is 19.6 Å². The lowest BCUT2D eigenvalue weighted by atomic mass is 10.7. The van der Waals surface area contributed by atoms with E-state index in [0.717, 1.165) is 0 Å². The summed E-state index contributed by atoms with van der Waals surface area (Å²) in [6.45, 7) is 0.167. The van der Waals surface area contributed by atoms with Crippen molar-refractivity contribution in [2.24, 2.45) is 0 Å². The monoisotopic (exact) mass is 369 g/mol. The fourth-order valence-corrected chi connectivity index (χ4v) is 0.500. The number of hydrogen-bond acceptors (Lipinski definition) is 12. The van der Waals surface area contributed by atoms with Crippen LogP contribution in [-0.2, 0) is 14.4 Å². The van der Waals surface area contributed by atoms with E-state index in [1.807, 2.05) is 0 Å². The van der Waals surface area contributed by atoms with Crippen LogP contribution in [0.25, 0.3) is 0 Å². The van der Waals surface area contributed by atoms with Crippen molar-refractivity contribution in [2.75, 3.05) is 40.8 Å². The number of carboxylic acids is 3. The molecule has 0 bridgehead atoms. The third-order valence-corrected chi connectivity index (χ3v) is 1.11. The SMILES string of the molecule is C[NH2+]CC(=O)[O-].C[NH2+]CC(=O)[O-].C[NH2+]CC(=O)[O-].OO.OO.OO. The molecule has 0 fully saturated rings. The number of nitrogens with two attached hydrogens (primary N) is 3. The van der Waals surface area contributed by atoms with Gasteiger partial charge in [0.1, 0.15) is 19.6 Å². The summed E-state index contributed by atoms with van der Waals surface area (Å²) in [7, 11) is 5.03. The number of hydrogen-bond donors (Lipinski definition) is 9. The zero-order chi connectivity index (χ0) is 21.0. The van der Waals surface area contributed by atoms with Crippen molar-refractivity contribution in [3.8, 4) is 0 Å². The Morgan fingerprint density at radius 3 is 0.708 bits per heavy atom. The number of quaternary nitrogens is 3. The Labute approximate surface area is 137 Å². The second-order valence-electron chi connectivity index (χ2n) is 2.95. The van der Waals surface area contributed by atoms with Crippen LogP contribution in [0.15, 0.2) is 0 Å². The molecule has 0 aliphatic heterocycles. The van der Waals surface area contributed by atoms with Crippen LogP contribution in [0.3, 0.4) is 0 Å². The van der Waals surface area contributed by atoms with E-state index in [9.17, 15) is 29.7 Å². The molecular formula is C9H27N3O12. The van der Waals surface area contributed by atoms with Gasteiger partial charge in [0.25, 0.3) is 0 Å². The van der Waals surface area contributed by atoms with Gasteiger partial charge in [-0.15, -0.1) is 0 Å². The summed E-state index contributed by atoms with van der Waals surface area (Å²) in [5, 5.41) is 69.0. The van der Waals surface area contributed by atoms with E-state index in [0.29, 0.717) is 0 Å². The minimum Gasteiger partial charge on any atom is -0.544 e. The van der Waals surface area contributed by atoms with Crippen LogP contribution in [0.2, 0.25) is 0 Å². The van der Waals surface area contributed by atoms with E-state index in [2.05, 4.69) is 0 Å². The number of carbonyl (C=O) groups is 3. The van der Waals surface area contributed by atoms with Crippen molar-refractivity contribution in [3.05, 3.63) is 0 Å². The standard InChI is InChI=1S/3C3H7NO2.3H2O2/c3*1-4-2-3(5)6;3*1-2/h3*4H,2H2,1H3,(H,5,6);3*1-2H. The molecule has 15 heteroatoms. The smallest absolute Gasteiger partial charge is 0.116 e. The molecule has 12 N–H and O–H groups in total. The van der Waals surface area contributed by atoms with Crippen LogP contribution in [0.1, 0.15) is 0 Å². The topological polar surface area (TPSA) is 292 Å². The molecule has 0 saturated carbocycles. The van der Waals surface area contributed by atoms with Crippen LogP contribution in [0.5, 0.6) is 0 Å². The molecule has 0 saturated heterocycles. The molecule has 0 aliphatic carbocycles. The van der Waals surface area contributed by atoms with Crippen molar-refractivity contribution in [1.82, 2.24) is 0 Å². The van der Waals surface area contributed by atoms with Crippen molar-refractivity contribution in [3.63, 3.8) is 0 Å². The first-order valence-electron chi connectivity index (χ1n) is 5.84. The summed E-state index contributed by atoms with van der Waals surface area (Å²) in [5.41, 5.74) is 0. The van der Waals surface area contributed by atoms with Crippen molar-refractivity contribution >= 4 is 17.9 Å². The van der Waals surface area contributed by atoms with Crippen molar-refractivity contribution in [2.45, 2.75) is 0 Å². The molecule has 150 valence electrons. The molecule has 0 rings (SSSR count). The van der Waals surface area contributed by atoms with Gasteiger partial charge >= 0.3 is 0 Å². The summed E-state index contributed by atoms with van der Waals surface area (Å²) < 4.78 is 0. The first-order chi connectivity index (χ1) is 11.3. The largest absolute Gasteiger partial charge is 0.544 e. The normalized spacial score (nSPS) is 6.88. The summed E-state index contributed by atoms with van der Waals surface area (Å²) in [4.78, 5) is 28.4. The van der Waals surface area contributed by atoms with Gasteiger partial charge in [0.15, 0.2) is 0 Å². The number of rotatable bonds is 6. The Hall–Kier alpha value is -1.95. The summed E-state index contributed by atoms with van der Waals surface area (Å²) >= 11 is 0. The van der Waals surface area contributed by atoms with E-state index in [1.54, 1.807) is 21.1 Å². The van der Waals surface area contributed by atoms with Crippen LogP contribution >= 0.6 is 0 Å². The van der Waals surface area contributed by atoms with Gasteiger partial charge in [-0.1, -0.05) is 0 Å². The Morgan fingerprint density at radius 2 is 0.708 bits per heavy atom. The first kappa shape index (κ1) is 37.9. The number of likely N-dealkylation sites (N-methyl/N-ethyl adjacent to an activating group) is 3. The molecule has 15 nitrogen and oxygen atoms in total. The summed E-state index contributed by atoms with van der Waals surface area (Å²) in [6, 6.07) is 0. The van der Waals surface area contributed by atoms with Gasteiger partial charge in [0.05, 0.1) is 39.1 Å².